The summed E-state index contributed by atoms with van der Waals surface area (Å²) in [6.07, 6.45) is 41.3. The molecule has 0 aromatic carbocycles. The molecule has 0 aliphatic carbocycles. The molecular formula is C43H72NO7+. The molecule has 0 aliphatic heterocycles. The first-order chi connectivity index (χ1) is 24.6. The average molecular weight is 715 g/mol. The molecule has 0 heterocycles. The summed E-state index contributed by atoms with van der Waals surface area (Å²) in [6.45, 7) is 4.37. The number of rotatable bonds is 33. The van der Waals surface area contributed by atoms with Crippen molar-refractivity contribution in [3.8, 4) is 0 Å². The number of hydrogen-bond donors (Lipinski definition) is 1. The highest BCUT2D eigenvalue weighted by molar-refractivity contribution is 5.72. The van der Waals surface area contributed by atoms with Gasteiger partial charge < -0.3 is 23.8 Å². The molecule has 0 amide bonds. The van der Waals surface area contributed by atoms with Crippen molar-refractivity contribution in [3.05, 3.63) is 72.9 Å². The van der Waals surface area contributed by atoms with Crippen LogP contribution in [0.5, 0.6) is 0 Å². The van der Waals surface area contributed by atoms with Crippen LogP contribution >= 0.6 is 0 Å². The maximum atomic E-state index is 12.5. The summed E-state index contributed by atoms with van der Waals surface area (Å²) < 4.78 is 17.0. The molecule has 0 saturated heterocycles. The molecule has 0 rings (SSSR count). The van der Waals surface area contributed by atoms with Crippen LogP contribution in [0.15, 0.2) is 72.9 Å². The number of hydrogen-bond acceptors (Lipinski definition) is 6. The van der Waals surface area contributed by atoms with Gasteiger partial charge in [-0.05, 0) is 64.2 Å². The zero-order valence-electron chi connectivity index (χ0n) is 32.8. The minimum absolute atomic E-state index is 0.0302. The number of nitrogens with zero attached hydrogens (tertiary/aromatic N) is 1. The third-order valence-electron chi connectivity index (χ3n) is 8.11. The van der Waals surface area contributed by atoms with Crippen molar-refractivity contribution >= 4 is 17.9 Å². The Morgan fingerprint density at radius 2 is 1.08 bits per heavy atom. The molecule has 2 unspecified atom stereocenters. The number of aliphatic carboxylic acids is 1. The Morgan fingerprint density at radius 1 is 0.588 bits per heavy atom. The Bertz CT molecular complexity index is 1060. The topological polar surface area (TPSA) is 99.1 Å². The lowest BCUT2D eigenvalue weighted by Crippen LogP contribution is -2.50. The largest absolute Gasteiger partial charge is 0.477 e. The fourth-order valence-corrected chi connectivity index (χ4v) is 5.14. The molecule has 0 aromatic rings. The van der Waals surface area contributed by atoms with Crippen molar-refractivity contribution in [3.63, 3.8) is 0 Å². The molecule has 0 aromatic heterocycles. The summed E-state index contributed by atoms with van der Waals surface area (Å²) in [5.74, 6) is -1.59. The number of unbranched alkanes of at least 4 members (excludes halogenated alkanes) is 7. The van der Waals surface area contributed by atoms with Gasteiger partial charge in [0.25, 0.3) is 0 Å². The van der Waals surface area contributed by atoms with Crippen molar-refractivity contribution in [1.82, 2.24) is 0 Å². The molecule has 1 N–H and O–H groups in total. The van der Waals surface area contributed by atoms with Gasteiger partial charge in [0.15, 0.2) is 12.1 Å². The number of carbonyl (C=O) groups excluding carboxylic acids is 2. The molecule has 51 heavy (non-hydrogen) atoms. The number of carboxylic acid groups (broad SMARTS) is 1. The highest BCUT2D eigenvalue weighted by atomic mass is 16.6. The first-order valence-electron chi connectivity index (χ1n) is 19.5. The van der Waals surface area contributed by atoms with Gasteiger partial charge in [-0.2, -0.15) is 0 Å². The average Bonchev–Trinajstić information content (AvgIpc) is 3.08. The third-order valence-corrected chi connectivity index (χ3v) is 8.11. The van der Waals surface area contributed by atoms with E-state index in [1.165, 1.54) is 25.7 Å². The highest BCUT2D eigenvalue weighted by Crippen LogP contribution is 2.12. The van der Waals surface area contributed by atoms with E-state index in [-0.39, 0.29) is 42.7 Å². The van der Waals surface area contributed by atoms with Gasteiger partial charge in [0, 0.05) is 19.3 Å². The lowest BCUT2D eigenvalue weighted by molar-refractivity contribution is -0.887. The third kappa shape index (κ3) is 32.4. The lowest BCUT2D eigenvalue weighted by atomic mass is 10.1. The van der Waals surface area contributed by atoms with Gasteiger partial charge in [-0.3, -0.25) is 9.59 Å². The molecular weight excluding hydrogens is 642 g/mol. The number of likely N-dealkylation sites (N-methyl/N-ethyl adjacent to an activating group) is 1. The first-order valence-corrected chi connectivity index (χ1v) is 19.5. The van der Waals surface area contributed by atoms with Gasteiger partial charge in [0.05, 0.1) is 34.4 Å². The normalized spacial score (nSPS) is 13.8. The number of carboxylic acids is 1. The molecule has 0 spiro atoms. The van der Waals surface area contributed by atoms with Gasteiger partial charge in [-0.25, -0.2) is 4.79 Å². The van der Waals surface area contributed by atoms with E-state index in [1.54, 1.807) is 0 Å². The summed E-state index contributed by atoms with van der Waals surface area (Å²) >= 11 is 0. The van der Waals surface area contributed by atoms with E-state index in [4.69, 9.17) is 14.2 Å². The maximum absolute atomic E-state index is 12.5. The van der Waals surface area contributed by atoms with Crippen LogP contribution in [0, 0.1) is 0 Å². The second-order valence-corrected chi connectivity index (χ2v) is 13.8. The number of quaternary nitrogens is 1. The highest BCUT2D eigenvalue weighted by Gasteiger charge is 2.31. The van der Waals surface area contributed by atoms with Crippen LogP contribution in [-0.4, -0.2) is 80.6 Å². The van der Waals surface area contributed by atoms with Gasteiger partial charge in [0.2, 0.25) is 0 Å². The number of ether oxygens (including phenoxy) is 3. The molecule has 290 valence electrons. The van der Waals surface area contributed by atoms with Crippen LogP contribution in [-0.2, 0) is 28.6 Å². The first kappa shape index (κ1) is 47.8. The quantitative estimate of drug-likeness (QED) is 0.0313. The predicted molar refractivity (Wildman–Crippen MR) is 210 cm³/mol. The summed E-state index contributed by atoms with van der Waals surface area (Å²) in [7, 11) is 5.48. The van der Waals surface area contributed by atoms with Crippen molar-refractivity contribution in [2.24, 2.45) is 0 Å². The van der Waals surface area contributed by atoms with Crippen molar-refractivity contribution in [2.45, 2.75) is 142 Å². The second kappa shape index (κ2) is 33.9. The Kier molecular flexibility index (Phi) is 31.7. The van der Waals surface area contributed by atoms with Crippen molar-refractivity contribution in [1.29, 1.82) is 0 Å². The van der Waals surface area contributed by atoms with Gasteiger partial charge >= 0.3 is 17.9 Å². The molecule has 0 saturated carbocycles. The second-order valence-electron chi connectivity index (χ2n) is 13.8. The predicted octanol–water partition coefficient (Wildman–Crippen LogP) is 10.0. The van der Waals surface area contributed by atoms with Crippen molar-refractivity contribution < 1.29 is 38.2 Å². The van der Waals surface area contributed by atoms with Crippen molar-refractivity contribution in [2.75, 3.05) is 41.0 Å². The van der Waals surface area contributed by atoms with Crippen LogP contribution in [0.25, 0.3) is 0 Å². The molecule has 0 aliphatic rings. The summed E-state index contributed by atoms with van der Waals surface area (Å²) in [5, 5.41) is 9.56. The fourth-order valence-electron chi connectivity index (χ4n) is 5.14. The van der Waals surface area contributed by atoms with E-state index < -0.39 is 18.1 Å². The molecule has 2 atom stereocenters. The molecule has 8 nitrogen and oxygen atoms in total. The maximum Gasteiger partial charge on any atom is 0.362 e. The Labute approximate surface area is 311 Å². The molecule has 8 heteroatoms. The molecule has 0 radical (unpaired) electrons. The Morgan fingerprint density at radius 3 is 1.61 bits per heavy atom. The van der Waals surface area contributed by atoms with Crippen LogP contribution in [0.3, 0.4) is 0 Å². The minimum atomic E-state index is -0.890. The smallest absolute Gasteiger partial charge is 0.362 e. The zero-order chi connectivity index (χ0) is 37.8. The SMILES string of the molecule is CC/C=C/C/C=C/C/C=C/C/C=C/CCCCCCCCCC(=O)OCC(COCCC(C(=O)O)[N+](C)(C)C)OC(=O)CC/C=C/C/C=C/CC. The number of allylic oxidation sites excluding steroid dienone is 12. The number of carbonyl (C=O) groups is 3. The summed E-state index contributed by atoms with van der Waals surface area (Å²) in [6, 6.07) is -0.626. The monoisotopic (exact) mass is 715 g/mol. The Balaban J connectivity index is 4.30. The van der Waals surface area contributed by atoms with E-state index in [1.807, 2.05) is 33.3 Å². The lowest BCUT2D eigenvalue weighted by Gasteiger charge is -2.31. The van der Waals surface area contributed by atoms with Gasteiger partial charge in [-0.1, -0.05) is 119 Å². The van der Waals surface area contributed by atoms with E-state index in [9.17, 15) is 19.5 Å². The van der Waals surface area contributed by atoms with Gasteiger partial charge in [-0.15, -0.1) is 0 Å². The standard InChI is InChI=1S/C43H71NO7/c1-6-8-10-12-14-15-16-17-18-19-20-21-22-23-24-25-26-28-29-31-33-41(45)50-38-39(37-49-36-35-40(43(47)48)44(3,4)5)51-42(46)34-32-30-27-13-11-9-7-2/h8-11,14-15,17-18,20-21,27,30,39-40H,6-7,12-13,16,19,22-26,28-29,31-38H2,1-5H3/p+1/b10-8+,11-9+,15-14+,18-17+,21-20+,30-27+. The number of esters is 2. The van der Waals surface area contributed by atoms with E-state index in [0.29, 0.717) is 19.3 Å². The van der Waals surface area contributed by atoms with Crippen LogP contribution in [0.1, 0.15) is 129 Å². The van der Waals surface area contributed by atoms with E-state index in [0.717, 1.165) is 64.2 Å². The zero-order valence-corrected chi connectivity index (χ0v) is 32.8. The minimum Gasteiger partial charge on any atom is -0.477 e. The van der Waals surface area contributed by atoms with Crippen LogP contribution in [0.2, 0.25) is 0 Å². The molecule has 0 fully saturated rings. The summed E-state index contributed by atoms with van der Waals surface area (Å²) in [4.78, 5) is 36.6. The molecule has 0 bridgehead atoms. The van der Waals surface area contributed by atoms with Crippen LogP contribution in [0.4, 0.5) is 0 Å². The Hall–Kier alpha value is -3.23. The fraction of sp³-hybridized carbons (Fsp3) is 0.651. The van der Waals surface area contributed by atoms with E-state index >= 15 is 0 Å². The van der Waals surface area contributed by atoms with E-state index in [2.05, 4.69) is 74.6 Å². The van der Waals surface area contributed by atoms with Crippen LogP contribution < -0.4 is 0 Å². The van der Waals surface area contributed by atoms with Gasteiger partial charge in [0.1, 0.15) is 6.61 Å². The summed E-state index contributed by atoms with van der Waals surface area (Å²) in [5.41, 5.74) is 0.